The van der Waals surface area contributed by atoms with Gasteiger partial charge in [-0.15, -0.1) is 13.2 Å². The number of ether oxygens (including phenoxy) is 2. The maximum absolute atomic E-state index is 12.1. The molecule has 0 aliphatic rings. The second kappa shape index (κ2) is 5.25. The molecule has 0 atom stereocenters. The highest BCUT2D eigenvalue weighted by Gasteiger charge is 2.34. The van der Waals surface area contributed by atoms with E-state index in [1.807, 2.05) is 0 Å². The summed E-state index contributed by atoms with van der Waals surface area (Å²) in [4.78, 5) is 3.37. The fourth-order valence-electron chi connectivity index (χ4n) is 0.954. The number of methoxy groups -OCH3 is 1. The molecule has 0 unspecified atom stereocenters. The highest BCUT2D eigenvalue weighted by atomic mass is 127. The van der Waals surface area contributed by atoms with Crippen LogP contribution in [0.2, 0.25) is 0 Å². The Morgan fingerprint density at radius 2 is 2.00 bits per heavy atom. The summed E-state index contributed by atoms with van der Waals surface area (Å²) in [6, 6.07) is 0.815. The predicted octanol–water partition coefficient (Wildman–Crippen LogP) is 2.52. The van der Waals surface area contributed by atoms with E-state index in [2.05, 4.69) is 14.5 Å². The summed E-state index contributed by atoms with van der Waals surface area (Å²) in [5, 5.41) is -0.601. The van der Waals surface area contributed by atoms with Crippen LogP contribution in [0.3, 0.4) is 0 Å². The van der Waals surface area contributed by atoms with Gasteiger partial charge >= 0.3 is 6.36 Å². The molecule has 1 rings (SSSR count). The lowest BCUT2D eigenvalue weighted by Gasteiger charge is -2.12. The number of nitrogens with zero attached hydrogens (tertiary/aromatic N) is 1. The van der Waals surface area contributed by atoms with Gasteiger partial charge in [0.1, 0.15) is 0 Å². The molecule has 0 saturated carbocycles. The molecule has 1 aromatic rings. The van der Waals surface area contributed by atoms with E-state index in [4.69, 9.17) is 10.7 Å². The van der Waals surface area contributed by atoms with Crippen LogP contribution in [0, 0.1) is 3.57 Å². The van der Waals surface area contributed by atoms with E-state index in [1.165, 1.54) is 22.6 Å². The lowest BCUT2D eigenvalue weighted by Crippen LogP contribution is -2.18. The van der Waals surface area contributed by atoms with E-state index in [1.54, 1.807) is 0 Å². The van der Waals surface area contributed by atoms with Crippen molar-refractivity contribution in [3.05, 3.63) is 9.64 Å². The van der Waals surface area contributed by atoms with E-state index >= 15 is 0 Å². The average Bonchev–Trinajstić information content (AvgIpc) is 2.13. The molecule has 0 spiro atoms. The molecule has 11 heteroatoms. The van der Waals surface area contributed by atoms with Crippen LogP contribution >= 0.6 is 33.3 Å². The smallest absolute Gasteiger partial charge is 0.478 e. The molecule has 5 nitrogen and oxygen atoms in total. The van der Waals surface area contributed by atoms with Crippen LogP contribution in [0.4, 0.5) is 13.2 Å². The van der Waals surface area contributed by atoms with Crippen molar-refractivity contribution < 1.29 is 31.1 Å². The Kier molecular flexibility index (Phi) is 4.54. The van der Waals surface area contributed by atoms with Gasteiger partial charge in [-0.25, -0.2) is 8.42 Å². The lowest BCUT2D eigenvalue weighted by atomic mass is 10.4. The van der Waals surface area contributed by atoms with E-state index in [9.17, 15) is 21.6 Å². The van der Waals surface area contributed by atoms with E-state index in [-0.39, 0.29) is 3.57 Å². The Hall–Kier alpha value is -0.490. The normalized spacial score (nSPS) is 12.3. The van der Waals surface area contributed by atoms with Crippen molar-refractivity contribution in [1.29, 1.82) is 0 Å². The summed E-state index contributed by atoms with van der Waals surface area (Å²) in [6.07, 6.45) is -4.95. The Bertz CT molecular complexity index is 563. The van der Waals surface area contributed by atoms with Gasteiger partial charge in [0, 0.05) is 16.7 Å². The molecule has 0 N–H and O–H groups in total. The highest BCUT2D eigenvalue weighted by Crippen LogP contribution is 2.34. The third-order valence-corrected chi connectivity index (χ3v) is 3.93. The van der Waals surface area contributed by atoms with E-state index in [0.717, 1.165) is 13.2 Å². The Morgan fingerprint density at radius 1 is 1.44 bits per heavy atom. The number of pyridine rings is 1. The van der Waals surface area contributed by atoms with E-state index in [0.29, 0.717) is 0 Å². The Labute approximate surface area is 118 Å². The molecule has 0 fully saturated rings. The second-order valence-corrected chi connectivity index (χ2v) is 6.41. The van der Waals surface area contributed by atoms with Gasteiger partial charge in [-0.05, 0) is 22.6 Å². The van der Waals surface area contributed by atoms with Crippen LogP contribution in [0.1, 0.15) is 0 Å². The van der Waals surface area contributed by atoms with Crippen molar-refractivity contribution >= 4 is 42.3 Å². The minimum absolute atomic E-state index is 0.123. The molecule has 1 aromatic heterocycles. The maximum Gasteiger partial charge on any atom is 0.573 e. The van der Waals surface area contributed by atoms with Gasteiger partial charge in [0.25, 0.3) is 14.9 Å². The van der Waals surface area contributed by atoms with Crippen LogP contribution in [0.25, 0.3) is 0 Å². The first kappa shape index (κ1) is 15.6. The zero-order chi connectivity index (χ0) is 14.1. The first-order chi connectivity index (χ1) is 8.04. The number of rotatable bonds is 3. The van der Waals surface area contributed by atoms with Gasteiger partial charge in [-0.2, -0.15) is 4.98 Å². The van der Waals surface area contributed by atoms with Gasteiger partial charge in [0.05, 0.1) is 10.7 Å². The second-order valence-electron chi connectivity index (χ2n) is 2.77. The third-order valence-electron chi connectivity index (χ3n) is 1.53. The fourth-order valence-corrected chi connectivity index (χ4v) is 3.45. The Balaban J connectivity index is 3.37. The molecule has 0 aromatic carbocycles. The van der Waals surface area contributed by atoms with Crippen molar-refractivity contribution in [2.24, 2.45) is 0 Å². The molecular formula is C7H4ClF3INO4S. The monoisotopic (exact) mass is 417 g/mol. The minimum Gasteiger partial charge on any atom is -0.478 e. The zero-order valence-electron chi connectivity index (χ0n) is 8.46. The first-order valence-corrected chi connectivity index (χ1v) is 7.38. The maximum atomic E-state index is 12.1. The summed E-state index contributed by atoms with van der Waals surface area (Å²) in [5.74, 6) is -1.38. The molecule has 0 aliphatic heterocycles. The summed E-state index contributed by atoms with van der Waals surface area (Å²) in [5.41, 5.74) is 0. The molecule has 18 heavy (non-hydrogen) atoms. The van der Waals surface area contributed by atoms with Crippen molar-refractivity contribution in [2.75, 3.05) is 7.11 Å². The van der Waals surface area contributed by atoms with Crippen LogP contribution in [-0.4, -0.2) is 26.9 Å². The quantitative estimate of drug-likeness (QED) is 0.559. The minimum atomic E-state index is -4.95. The van der Waals surface area contributed by atoms with Gasteiger partial charge in [0.15, 0.2) is 10.8 Å². The molecule has 0 aliphatic carbocycles. The number of hydrogen-bond donors (Lipinski definition) is 0. The lowest BCUT2D eigenvalue weighted by molar-refractivity contribution is -0.275. The molecule has 1 heterocycles. The molecule has 0 bridgehead atoms. The van der Waals surface area contributed by atoms with Crippen molar-refractivity contribution in [2.45, 2.75) is 11.4 Å². The first-order valence-electron chi connectivity index (χ1n) is 3.99. The SMILES string of the molecule is COc1nc(S(=O)(=O)Cl)c(I)cc1OC(F)(F)F. The number of halogens is 5. The standard InChI is InChI=1S/C7H4ClF3INO4S/c1-16-5-4(17-7(9,10)11)2-3(12)6(13-5)18(8,14)15/h2H,1H3. The molecule has 102 valence electrons. The molecular weight excluding hydrogens is 413 g/mol. The van der Waals surface area contributed by atoms with Gasteiger partial charge in [-0.3, -0.25) is 0 Å². The average molecular weight is 418 g/mol. The molecule has 0 radical (unpaired) electrons. The summed E-state index contributed by atoms with van der Waals surface area (Å²) in [6.45, 7) is 0. The highest BCUT2D eigenvalue weighted by molar-refractivity contribution is 14.1. The largest absolute Gasteiger partial charge is 0.573 e. The number of alkyl halides is 3. The van der Waals surface area contributed by atoms with Crippen molar-refractivity contribution in [3.8, 4) is 11.6 Å². The molecule has 0 saturated heterocycles. The van der Waals surface area contributed by atoms with Crippen molar-refractivity contribution in [1.82, 2.24) is 4.98 Å². The van der Waals surface area contributed by atoms with Crippen LogP contribution in [-0.2, 0) is 9.05 Å². The third kappa shape index (κ3) is 4.02. The van der Waals surface area contributed by atoms with E-state index < -0.39 is 32.1 Å². The molecule has 0 amide bonds. The number of hydrogen-bond acceptors (Lipinski definition) is 5. The van der Waals surface area contributed by atoms with Gasteiger partial charge < -0.3 is 9.47 Å². The summed E-state index contributed by atoms with van der Waals surface area (Å²) >= 11 is 1.47. The van der Waals surface area contributed by atoms with Gasteiger partial charge in [0.2, 0.25) is 0 Å². The van der Waals surface area contributed by atoms with Crippen LogP contribution in [0.5, 0.6) is 11.6 Å². The van der Waals surface area contributed by atoms with Crippen LogP contribution in [0.15, 0.2) is 11.1 Å². The predicted molar refractivity (Wildman–Crippen MR) is 63.2 cm³/mol. The zero-order valence-corrected chi connectivity index (χ0v) is 12.2. The number of aromatic nitrogens is 1. The summed E-state index contributed by atoms with van der Waals surface area (Å²) < 4.78 is 66.4. The topological polar surface area (TPSA) is 65.5 Å². The van der Waals surface area contributed by atoms with Gasteiger partial charge in [-0.1, -0.05) is 0 Å². The fraction of sp³-hybridized carbons (Fsp3) is 0.286. The Morgan fingerprint density at radius 3 is 2.39 bits per heavy atom. The summed E-state index contributed by atoms with van der Waals surface area (Å²) in [7, 11) is 1.89. The van der Waals surface area contributed by atoms with Crippen molar-refractivity contribution in [3.63, 3.8) is 0 Å². The van der Waals surface area contributed by atoms with Crippen LogP contribution < -0.4 is 9.47 Å².